The highest BCUT2D eigenvalue weighted by Gasteiger charge is 2.21. The number of hydrogen-bond donors (Lipinski definition) is 1. The standard InChI is InChI=1S/C26H39N3OS/c1-5-20-11-12-23-24(17-20)31-26(28-23)14-13-25(30)27-22(15-19(2)18-29(3)4)16-21-9-7-6-8-10-21/h11-12,17,21-22H,2,5-10,13-16,18H2,1,3-4H3,(H,27,30). The molecule has 0 saturated heterocycles. The number of hydrogen-bond acceptors (Lipinski definition) is 4. The van der Waals surface area contributed by atoms with Gasteiger partial charge in [0.05, 0.1) is 15.2 Å². The minimum atomic E-state index is 0.145. The lowest BCUT2D eigenvalue weighted by molar-refractivity contribution is -0.121. The van der Waals surface area contributed by atoms with Crippen molar-refractivity contribution in [3.8, 4) is 0 Å². The second-order valence-electron chi connectivity index (χ2n) is 9.46. The second kappa shape index (κ2) is 11.8. The van der Waals surface area contributed by atoms with Crippen LogP contribution in [0.2, 0.25) is 0 Å². The second-order valence-corrected chi connectivity index (χ2v) is 10.6. The number of likely N-dealkylation sites (N-methyl/N-ethyl adjacent to an activating group) is 1. The largest absolute Gasteiger partial charge is 0.353 e. The highest BCUT2D eigenvalue weighted by atomic mass is 32.1. The fourth-order valence-corrected chi connectivity index (χ4v) is 5.77. The molecule has 0 aliphatic heterocycles. The van der Waals surface area contributed by atoms with E-state index in [1.807, 2.05) is 0 Å². The van der Waals surface area contributed by atoms with Crippen molar-refractivity contribution in [1.29, 1.82) is 0 Å². The number of fused-ring (bicyclic) bond motifs is 1. The summed E-state index contributed by atoms with van der Waals surface area (Å²) in [4.78, 5) is 19.7. The average Bonchev–Trinajstić information content (AvgIpc) is 3.14. The minimum absolute atomic E-state index is 0.145. The van der Waals surface area contributed by atoms with E-state index in [1.165, 1.54) is 47.9 Å². The summed E-state index contributed by atoms with van der Waals surface area (Å²) in [7, 11) is 4.14. The van der Waals surface area contributed by atoms with E-state index in [0.717, 1.165) is 42.2 Å². The van der Waals surface area contributed by atoms with E-state index < -0.39 is 0 Å². The maximum atomic E-state index is 12.8. The first-order chi connectivity index (χ1) is 14.9. The number of benzene rings is 1. The van der Waals surface area contributed by atoms with Gasteiger partial charge in [0.2, 0.25) is 5.91 Å². The number of carbonyl (C=O) groups is 1. The van der Waals surface area contributed by atoms with Crippen molar-refractivity contribution < 1.29 is 4.79 Å². The molecule has 1 saturated carbocycles. The predicted octanol–water partition coefficient (Wildman–Crippen LogP) is 5.75. The van der Waals surface area contributed by atoms with E-state index >= 15 is 0 Å². The Labute approximate surface area is 192 Å². The summed E-state index contributed by atoms with van der Waals surface area (Å²) in [5, 5.41) is 4.40. The Bertz CT molecular complexity index is 867. The summed E-state index contributed by atoms with van der Waals surface area (Å²) < 4.78 is 1.23. The van der Waals surface area contributed by atoms with Gasteiger partial charge in [0, 0.05) is 25.4 Å². The van der Waals surface area contributed by atoms with Gasteiger partial charge >= 0.3 is 0 Å². The molecule has 1 unspecified atom stereocenters. The van der Waals surface area contributed by atoms with Crippen molar-refractivity contribution in [2.75, 3.05) is 20.6 Å². The van der Waals surface area contributed by atoms with E-state index in [4.69, 9.17) is 4.98 Å². The van der Waals surface area contributed by atoms with E-state index in [-0.39, 0.29) is 11.9 Å². The summed E-state index contributed by atoms with van der Waals surface area (Å²) >= 11 is 1.72. The zero-order valence-electron chi connectivity index (χ0n) is 19.6. The molecular weight excluding hydrogens is 402 g/mol. The number of thiazole rings is 1. The summed E-state index contributed by atoms with van der Waals surface area (Å²) in [6.45, 7) is 7.31. The molecule has 1 N–H and O–H groups in total. The molecular formula is C26H39N3OS. The molecule has 1 aliphatic carbocycles. The third-order valence-electron chi connectivity index (χ3n) is 6.25. The maximum absolute atomic E-state index is 12.8. The van der Waals surface area contributed by atoms with E-state index in [2.05, 4.69) is 56.0 Å². The molecule has 1 aromatic carbocycles. The van der Waals surface area contributed by atoms with E-state index in [0.29, 0.717) is 12.8 Å². The fourth-order valence-electron chi connectivity index (χ4n) is 4.74. The molecule has 1 aliphatic rings. The normalized spacial score (nSPS) is 16.0. The van der Waals surface area contributed by atoms with Gasteiger partial charge in [-0.15, -0.1) is 11.3 Å². The predicted molar refractivity (Wildman–Crippen MR) is 133 cm³/mol. The number of nitrogens with zero attached hydrogens (tertiary/aromatic N) is 2. The molecule has 1 fully saturated rings. The molecule has 170 valence electrons. The molecule has 4 nitrogen and oxygen atoms in total. The molecule has 0 spiro atoms. The van der Waals surface area contributed by atoms with Crippen LogP contribution < -0.4 is 5.32 Å². The van der Waals surface area contributed by atoms with E-state index in [1.54, 1.807) is 11.3 Å². The Morgan fingerprint density at radius 2 is 2.06 bits per heavy atom. The Morgan fingerprint density at radius 3 is 2.77 bits per heavy atom. The number of aryl methyl sites for hydroxylation is 2. The van der Waals surface area contributed by atoms with Crippen LogP contribution in [-0.2, 0) is 17.6 Å². The lowest BCUT2D eigenvalue weighted by Gasteiger charge is -2.28. The molecule has 5 heteroatoms. The highest BCUT2D eigenvalue weighted by Crippen LogP contribution is 2.29. The first-order valence-electron chi connectivity index (χ1n) is 11.9. The zero-order chi connectivity index (χ0) is 22.2. The molecule has 1 aromatic heterocycles. The van der Waals surface area contributed by atoms with Crippen LogP contribution in [0.25, 0.3) is 10.2 Å². The van der Waals surface area contributed by atoms with Crippen molar-refractivity contribution in [3.63, 3.8) is 0 Å². The van der Waals surface area contributed by atoms with Crippen LogP contribution in [0.1, 0.15) is 68.9 Å². The van der Waals surface area contributed by atoms with Crippen molar-refractivity contribution in [2.24, 2.45) is 5.92 Å². The number of rotatable bonds is 11. The molecule has 1 heterocycles. The Morgan fingerprint density at radius 1 is 1.29 bits per heavy atom. The van der Waals surface area contributed by atoms with Crippen LogP contribution in [0, 0.1) is 5.92 Å². The van der Waals surface area contributed by atoms with Gasteiger partial charge in [-0.2, -0.15) is 0 Å². The van der Waals surface area contributed by atoms with Gasteiger partial charge in [0.1, 0.15) is 0 Å². The van der Waals surface area contributed by atoms with Gasteiger partial charge < -0.3 is 10.2 Å². The maximum Gasteiger partial charge on any atom is 0.220 e. The molecule has 31 heavy (non-hydrogen) atoms. The SMILES string of the molecule is C=C(CC(CC1CCCCC1)NC(=O)CCc1nc2ccc(CC)cc2s1)CN(C)C. The lowest BCUT2D eigenvalue weighted by atomic mass is 9.83. The Hall–Kier alpha value is -1.72. The summed E-state index contributed by atoms with van der Waals surface area (Å²) in [5.74, 6) is 0.884. The summed E-state index contributed by atoms with van der Waals surface area (Å²) in [6, 6.07) is 6.68. The van der Waals surface area contributed by atoms with Crippen LogP contribution in [0.4, 0.5) is 0 Å². The summed E-state index contributed by atoms with van der Waals surface area (Å²) in [6.07, 6.45) is 10.8. The van der Waals surface area contributed by atoms with Crippen molar-refractivity contribution in [3.05, 3.63) is 40.9 Å². The molecule has 3 rings (SSSR count). The highest BCUT2D eigenvalue weighted by molar-refractivity contribution is 7.18. The van der Waals surface area contributed by atoms with Gasteiger partial charge in [0.25, 0.3) is 0 Å². The monoisotopic (exact) mass is 441 g/mol. The average molecular weight is 442 g/mol. The van der Waals surface area contributed by atoms with Crippen molar-refractivity contribution in [1.82, 2.24) is 15.2 Å². The molecule has 1 atom stereocenters. The van der Waals surface area contributed by atoms with Gasteiger partial charge in [0.15, 0.2) is 0 Å². The van der Waals surface area contributed by atoms with Crippen LogP contribution in [0.15, 0.2) is 30.4 Å². The number of amides is 1. The van der Waals surface area contributed by atoms with Crippen LogP contribution in [0.3, 0.4) is 0 Å². The van der Waals surface area contributed by atoms with E-state index in [9.17, 15) is 4.79 Å². The smallest absolute Gasteiger partial charge is 0.220 e. The molecule has 1 amide bonds. The van der Waals surface area contributed by atoms with Gasteiger partial charge in [-0.05, 0) is 57.0 Å². The van der Waals surface area contributed by atoms with Crippen molar-refractivity contribution >= 4 is 27.5 Å². The van der Waals surface area contributed by atoms with Crippen LogP contribution in [-0.4, -0.2) is 42.5 Å². The van der Waals surface area contributed by atoms with Crippen molar-refractivity contribution in [2.45, 2.75) is 77.2 Å². The first kappa shape index (κ1) is 23.9. The van der Waals surface area contributed by atoms with Gasteiger partial charge in [-0.25, -0.2) is 4.98 Å². The molecule has 0 bridgehead atoms. The molecule has 0 radical (unpaired) electrons. The quantitative estimate of drug-likeness (QED) is 0.451. The Balaban J connectivity index is 1.56. The first-order valence-corrected chi connectivity index (χ1v) is 12.7. The lowest BCUT2D eigenvalue weighted by Crippen LogP contribution is -2.37. The van der Waals surface area contributed by atoms with Crippen LogP contribution >= 0.6 is 11.3 Å². The third kappa shape index (κ3) is 7.73. The number of carbonyl (C=O) groups excluding carboxylic acids is 1. The number of nitrogens with one attached hydrogen (secondary N) is 1. The third-order valence-corrected chi connectivity index (χ3v) is 7.33. The fraction of sp³-hybridized carbons (Fsp3) is 0.615. The van der Waals surface area contributed by atoms with Crippen LogP contribution in [0.5, 0.6) is 0 Å². The topological polar surface area (TPSA) is 45.2 Å². The zero-order valence-corrected chi connectivity index (χ0v) is 20.4. The Kier molecular flexibility index (Phi) is 9.09. The number of aromatic nitrogens is 1. The minimum Gasteiger partial charge on any atom is -0.353 e. The summed E-state index contributed by atoms with van der Waals surface area (Å²) in [5.41, 5.74) is 3.58. The van der Waals surface area contributed by atoms with Gasteiger partial charge in [-0.3, -0.25) is 4.79 Å². The molecule has 2 aromatic rings. The van der Waals surface area contributed by atoms with Gasteiger partial charge in [-0.1, -0.05) is 57.2 Å².